The Hall–Kier alpha value is -1.61. The van der Waals surface area contributed by atoms with Gasteiger partial charge in [0.15, 0.2) is 0 Å². The molecule has 1 fully saturated rings. The van der Waals surface area contributed by atoms with Crippen molar-refractivity contribution >= 4 is 16.6 Å². The van der Waals surface area contributed by atoms with Gasteiger partial charge in [0.25, 0.3) is 0 Å². The zero-order valence-corrected chi connectivity index (χ0v) is 12.1. The minimum absolute atomic E-state index is 0.352. The standard InChI is InChI=1S/C17H23N3/c1-12-10-17(14-7-3-5-9-16(14)20-12)19-11-13-6-2-4-8-15(13)18/h3,5,7,9-10,13,15H,2,4,6,8,11,18H2,1H3,(H,19,20). The minimum Gasteiger partial charge on any atom is -0.384 e. The highest BCUT2D eigenvalue weighted by Crippen LogP contribution is 2.26. The molecule has 106 valence electrons. The van der Waals surface area contributed by atoms with Crippen LogP contribution < -0.4 is 11.1 Å². The molecule has 3 nitrogen and oxygen atoms in total. The van der Waals surface area contributed by atoms with Gasteiger partial charge in [0.05, 0.1) is 5.52 Å². The molecule has 0 saturated heterocycles. The SMILES string of the molecule is Cc1cc(NCC2CCCCC2N)c2ccccc2n1. The van der Waals surface area contributed by atoms with Crippen LogP contribution in [0.3, 0.4) is 0 Å². The minimum atomic E-state index is 0.352. The number of anilines is 1. The van der Waals surface area contributed by atoms with Crippen LogP contribution in [0.5, 0.6) is 0 Å². The molecule has 3 heteroatoms. The average molecular weight is 269 g/mol. The first-order valence-corrected chi connectivity index (χ1v) is 7.60. The second-order valence-corrected chi connectivity index (χ2v) is 5.92. The summed E-state index contributed by atoms with van der Waals surface area (Å²) in [6.07, 6.45) is 5.02. The lowest BCUT2D eigenvalue weighted by Crippen LogP contribution is -2.37. The van der Waals surface area contributed by atoms with Crippen molar-refractivity contribution < 1.29 is 0 Å². The Morgan fingerprint density at radius 3 is 2.90 bits per heavy atom. The molecule has 2 unspecified atom stereocenters. The molecular formula is C17H23N3. The van der Waals surface area contributed by atoms with Gasteiger partial charge in [-0.25, -0.2) is 0 Å². The van der Waals surface area contributed by atoms with Crippen LogP contribution in [0.2, 0.25) is 0 Å². The summed E-state index contributed by atoms with van der Waals surface area (Å²) in [5.74, 6) is 0.594. The smallest absolute Gasteiger partial charge is 0.0725 e. The van der Waals surface area contributed by atoms with E-state index in [0.717, 1.165) is 17.8 Å². The highest BCUT2D eigenvalue weighted by molar-refractivity contribution is 5.91. The molecule has 0 radical (unpaired) electrons. The Morgan fingerprint density at radius 1 is 1.25 bits per heavy atom. The number of hydrogen-bond acceptors (Lipinski definition) is 3. The lowest BCUT2D eigenvalue weighted by molar-refractivity contribution is 0.321. The third kappa shape index (κ3) is 2.78. The van der Waals surface area contributed by atoms with Crippen molar-refractivity contribution in [1.29, 1.82) is 0 Å². The molecule has 0 aliphatic heterocycles. The topological polar surface area (TPSA) is 50.9 Å². The van der Waals surface area contributed by atoms with Crippen LogP contribution in [0, 0.1) is 12.8 Å². The zero-order chi connectivity index (χ0) is 13.9. The summed E-state index contributed by atoms with van der Waals surface area (Å²) < 4.78 is 0. The van der Waals surface area contributed by atoms with Crippen LogP contribution in [-0.2, 0) is 0 Å². The lowest BCUT2D eigenvalue weighted by Gasteiger charge is -2.29. The summed E-state index contributed by atoms with van der Waals surface area (Å²) in [5, 5.41) is 4.81. The van der Waals surface area contributed by atoms with Gasteiger partial charge >= 0.3 is 0 Å². The molecule has 1 aliphatic rings. The number of aromatic nitrogens is 1. The van der Waals surface area contributed by atoms with Gasteiger partial charge in [0, 0.05) is 29.4 Å². The van der Waals surface area contributed by atoms with E-state index in [9.17, 15) is 0 Å². The fraction of sp³-hybridized carbons (Fsp3) is 0.471. The monoisotopic (exact) mass is 269 g/mol. The maximum Gasteiger partial charge on any atom is 0.0725 e. The fourth-order valence-electron chi connectivity index (χ4n) is 3.18. The van der Waals surface area contributed by atoms with Gasteiger partial charge < -0.3 is 11.1 Å². The van der Waals surface area contributed by atoms with Gasteiger partial charge in [-0.3, -0.25) is 4.98 Å². The summed E-state index contributed by atoms with van der Waals surface area (Å²) in [5.41, 5.74) is 9.53. The first kappa shape index (κ1) is 13.4. The molecule has 1 saturated carbocycles. The first-order valence-electron chi connectivity index (χ1n) is 7.60. The number of aryl methyl sites for hydroxylation is 1. The molecule has 2 atom stereocenters. The molecule has 1 aromatic carbocycles. The van der Waals surface area contributed by atoms with E-state index >= 15 is 0 Å². The van der Waals surface area contributed by atoms with Crippen molar-refractivity contribution in [1.82, 2.24) is 4.98 Å². The number of hydrogen-bond donors (Lipinski definition) is 2. The van der Waals surface area contributed by atoms with Gasteiger partial charge in [-0.15, -0.1) is 0 Å². The molecule has 1 heterocycles. The Labute approximate surface area is 120 Å². The number of nitrogens with one attached hydrogen (secondary N) is 1. The molecule has 0 spiro atoms. The largest absolute Gasteiger partial charge is 0.384 e. The van der Waals surface area contributed by atoms with Crippen molar-refractivity contribution in [3.05, 3.63) is 36.0 Å². The molecule has 0 bridgehead atoms. The predicted octanol–water partition coefficient (Wildman–Crippen LogP) is 3.47. The van der Waals surface area contributed by atoms with E-state index in [0.29, 0.717) is 12.0 Å². The van der Waals surface area contributed by atoms with E-state index in [1.807, 2.05) is 13.0 Å². The van der Waals surface area contributed by atoms with Crippen LogP contribution in [0.4, 0.5) is 5.69 Å². The quantitative estimate of drug-likeness (QED) is 0.897. The predicted molar refractivity (Wildman–Crippen MR) is 84.9 cm³/mol. The first-order chi connectivity index (χ1) is 9.74. The third-order valence-corrected chi connectivity index (χ3v) is 4.37. The van der Waals surface area contributed by atoms with E-state index < -0.39 is 0 Å². The molecule has 1 aliphatic carbocycles. The van der Waals surface area contributed by atoms with E-state index in [1.54, 1.807) is 0 Å². The summed E-state index contributed by atoms with van der Waals surface area (Å²) in [6.45, 7) is 3.01. The normalized spacial score (nSPS) is 22.9. The second-order valence-electron chi connectivity index (χ2n) is 5.92. The third-order valence-electron chi connectivity index (χ3n) is 4.37. The number of nitrogens with zero attached hydrogens (tertiary/aromatic N) is 1. The Kier molecular flexibility index (Phi) is 3.88. The van der Waals surface area contributed by atoms with Gasteiger partial charge in [-0.2, -0.15) is 0 Å². The number of fused-ring (bicyclic) bond motifs is 1. The number of benzene rings is 1. The Morgan fingerprint density at radius 2 is 2.05 bits per heavy atom. The summed E-state index contributed by atoms with van der Waals surface area (Å²) >= 11 is 0. The number of pyridine rings is 1. The van der Waals surface area contributed by atoms with E-state index in [1.165, 1.54) is 36.8 Å². The highest BCUT2D eigenvalue weighted by atomic mass is 14.9. The molecule has 2 aromatic rings. The fourth-order valence-corrected chi connectivity index (χ4v) is 3.18. The van der Waals surface area contributed by atoms with Crippen molar-refractivity contribution in [3.63, 3.8) is 0 Å². The van der Waals surface area contributed by atoms with Crippen molar-refractivity contribution in [2.45, 2.75) is 38.6 Å². The molecule has 3 N–H and O–H groups in total. The van der Waals surface area contributed by atoms with Crippen molar-refractivity contribution in [3.8, 4) is 0 Å². The average Bonchev–Trinajstić information content (AvgIpc) is 2.46. The molecule has 1 aromatic heterocycles. The zero-order valence-electron chi connectivity index (χ0n) is 12.1. The van der Waals surface area contributed by atoms with Gasteiger partial charge in [0.1, 0.15) is 0 Å². The van der Waals surface area contributed by atoms with Crippen LogP contribution in [0.25, 0.3) is 10.9 Å². The maximum atomic E-state index is 6.23. The Bertz CT molecular complexity index is 594. The van der Waals surface area contributed by atoms with Crippen molar-refractivity contribution in [2.24, 2.45) is 11.7 Å². The molecule has 0 amide bonds. The van der Waals surface area contributed by atoms with E-state index in [2.05, 4.69) is 34.6 Å². The van der Waals surface area contributed by atoms with Gasteiger partial charge in [0.2, 0.25) is 0 Å². The summed E-state index contributed by atoms with van der Waals surface area (Å²) in [7, 11) is 0. The van der Waals surface area contributed by atoms with E-state index in [-0.39, 0.29) is 0 Å². The van der Waals surface area contributed by atoms with Gasteiger partial charge in [-0.05, 0) is 37.8 Å². The van der Waals surface area contributed by atoms with E-state index in [4.69, 9.17) is 5.73 Å². The number of nitrogens with two attached hydrogens (primary N) is 1. The van der Waals surface area contributed by atoms with Crippen LogP contribution in [0.15, 0.2) is 30.3 Å². The number of rotatable bonds is 3. The molecule has 3 rings (SSSR count). The number of para-hydroxylation sites is 1. The van der Waals surface area contributed by atoms with Crippen LogP contribution in [-0.4, -0.2) is 17.6 Å². The lowest BCUT2D eigenvalue weighted by atomic mass is 9.85. The highest BCUT2D eigenvalue weighted by Gasteiger charge is 2.21. The second kappa shape index (κ2) is 5.80. The molecule has 20 heavy (non-hydrogen) atoms. The summed E-state index contributed by atoms with van der Waals surface area (Å²) in [4.78, 5) is 4.58. The van der Waals surface area contributed by atoms with Crippen LogP contribution in [0.1, 0.15) is 31.4 Å². The van der Waals surface area contributed by atoms with Gasteiger partial charge in [-0.1, -0.05) is 31.0 Å². The molecular weight excluding hydrogens is 246 g/mol. The van der Waals surface area contributed by atoms with Crippen molar-refractivity contribution in [2.75, 3.05) is 11.9 Å². The maximum absolute atomic E-state index is 6.23. The summed E-state index contributed by atoms with van der Waals surface area (Å²) in [6, 6.07) is 10.8. The van der Waals surface area contributed by atoms with Crippen LogP contribution >= 0.6 is 0 Å². The Balaban J connectivity index is 1.80.